The number of H-pyrrole nitrogens is 1. The lowest BCUT2D eigenvalue weighted by Crippen LogP contribution is -2.49. The van der Waals surface area contributed by atoms with Gasteiger partial charge < -0.3 is 14.4 Å². The molecule has 9 nitrogen and oxygen atoms in total. The van der Waals surface area contributed by atoms with Gasteiger partial charge in [-0.25, -0.2) is 9.48 Å². The summed E-state index contributed by atoms with van der Waals surface area (Å²) in [6.07, 6.45) is 7.50. The Morgan fingerprint density at radius 3 is 2.39 bits per heavy atom. The molecule has 1 N–H and O–H groups in total. The number of nitrogens with zero attached hydrogens (tertiary/aromatic N) is 5. The summed E-state index contributed by atoms with van der Waals surface area (Å²) in [7, 11) is -1.16. The molecule has 0 radical (unpaired) electrons. The molecular weight excluding hydrogens is 568 g/mol. The summed E-state index contributed by atoms with van der Waals surface area (Å²) >= 11 is 0. The van der Waals surface area contributed by atoms with Crippen LogP contribution in [0.4, 0.5) is 4.79 Å². The Bertz CT molecular complexity index is 1560. The van der Waals surface area contributed by atoms with Gasteiger partial charge in [-0.05, 0) is 67.8 Å². The van der Waals surface area contributed by atoms with Crippen molar-refractivity contribution in [1.29, 1.82) is 0 Å². The maximum atomic E-state index is 12.4. The quantitative estimate of drug-likeness (QED) is 0.153. The summed E-state index contributed by atoms with van der Waals surface area (Å²) in [5.41, 5.74) is 6.04. The number of piperazine rings is 1. The molecule has 2 aromatic carbocycles. The predicted octanol–water partition coefficient (Wildman–Crippen LogP) is 6.96. The molecule has 4 aromatic rings. The van der Waals surface area contributed by atoms with Crippen molar-refractivity contribution in [1.82, 2.24) is 29.8 Å². The minimum Gasteiger partial charge on any atom is -0.444 e. The maximum Gasteiger partial charge on any atom is 0.410 e. The number of aromatic amines is 1. The van der Waals surface area contributed by atoms with Crippen molar-refractivity contribution >= 4 is 37.2 Å². The Morgan fingerprint density at radius 2 is 1.73 bits per heavy atom. The Morgan fingerprint density at radius 1 is 1.00 bits per heavy atom. The number of amides is 1. The topological polar surface area (TPSA) is 88.5 Å². The number of hydrogen-bond donors (Lipinski definition) is 1. The average molecular weight is 615 g/mol. The number of aromatic nitrogens is 4. The zero-order chi connectivity index (χ0) is 31.3. The van der Waals surface area contributed by atoms with Crippen LogP contribution in [0.3, 0.4) is 0 Å². The third-order valence-electron chi connectivity index (χ3n) is 7.66. The molecule has 0 spiro atoms. The Balaban J connectivity index is 1.27. The largest absolute Gasteiger partial charge is 0.444 e. The second kappa shape index (κ2) is 13.5. The standard InChI is InChI=1S/C34H46N6O3Si/c1-34(2,3)43-33(41)39-17-15-38(16-18-39)24-26-7-10-28(11-8-26)29-12-14-32-30(21-29)31(13-9-27-22-35-36-23-27)37-40(32)25-42-19-20-44(4,5)6/h7-14,21-23H,15-20,24-25H2,1-6H3,(H,35,36)/b13-9+. The first-order valence-electron chi connectivity index (χ1n) is 15.5. The zero-order valence-electron chi connectivity index (χ0n) is 27.0. The first kappa shape index (κ1) is 31.7. The minimum absolute atomic E-state index is 0.223. The van der Waals surface area contributed by atoms with Gasteiger partial charge in [0, 0.05) is 64.6 Å². The summed E-state index contributed by atoms with van der Waals surface area (Å²) in [5.74, 6) is 0. The van der Waals surface area contributed by atoms with Crippen LogP contribution >= 0.6 is 0 Å². The summed E-state index contributed by atoms with van der Waals surface area (Å²) in [5, 5.41) is 12.9. The van der Waals surface area contributed by atoms with Crippen molar-refractivity contribution in [2.24, 2.45) is 0 Å². The molecule has 0 atom stereocenters. The van der Waals surface area contributed by atoms with Crippen LogP contribution in [0.5, 0.6) is 0 Å². The van der Waals surface area contributed by atoms with Crippen molar-refractivity contribution in [2.45, 2.75) is 65.3 Å². The fourth-order valence-corrected chi connectivity index (χ4v) is 5.89. The molecule has 5 rings (SSSR count). The van der Waals surface area contributed by atoms with E-state index in [-0.39, 0.29) is 6.09 Å². The van der Waals surface area contributed by atoms with Gasteiger partial charge in [-0.3, -0.25) is 10.00 Å². The van der Waals surface area contributed by atoms with Crippen LogP contribution in [0.1, 0.15) is 37.6 Å². The van der Waals surface area contributed by atoms with E-state index >= 15 is 0 Å². The second-order valence-electron chi connectivity index (χ2n) is 13.8. The average Bonchev–Trinajstić information content (AvgIpc) is 3.61. The highest BCUT2D eigenvalue weighted by Gasteiger charge is 2.26. The Kier molecular flexibility index (Phi) is 9.72. The van der Waals surface area contributed by atoms with Crippen molar-refractivity contribution in [3.63, 3.8) is 0 Å². The second-order valence-corrected chi connectivity index (χ2v) is 19.4. The maximum absolute atomic E-state index is 12.4. The molecule has 1 amide bonds. The first-order valence-corrected chi connectivity index (χ1v) is 19.2. The molecule has 3 heterocycles. The van der Waals surface area contributed by atoms with Crippen molar-refractivity contribution in [3.05, 3.63) is 71.7 Å². The molecule has 10 heteroatoms. The third-order valence-corrected chi connectivity index (χ3v) is 9.36. The lowest BCUT2D eigenvalue weighted by molar-refractivity contribution is 0.0139. The van der Waals surface area contributed by atoms with Gasteiger partial charge in [-0.2, -0.15) is 10.2 Å². The zero-order valence-corrected chi connectivity index (χ0v) is 28.0. The van der Waals surface area contributed by atoms with Crippen molar-refractivity contribution in [2.75, 3.05) is 32.8 Å². The number of carbonyl (C=O) groups excluding carboxylic acids is 1. The van der Waals surface area contributed by atoms with Crippen molar-refractivity contribution < 1.29 is 14.3 Å². The van der Waals surface area contributed by atoms with E-state index in [9.17, 15) is 4.79 Å². The molecule has 1 aliphatic heterocycles. The molecular formula is C34H46N6O3Si. The molecule has 0 aliphatic carbocycles. The summed E-state index contributed by atoms with van der Waals surface area (Å²) in [4.78, 5) is 16.6. The number of nitrogens with one attached hydrogen (secondary N) is 1. The Labute approximate surface area is 261 Å². The SMILES string of the molecule is CC(C)(C)OC(=O)N1CCN(Cc2ccc(-c3ccc4c(c3)c(/C=C/c3cn[nH]c3)nn4COCC[Si](C)(C)C)cc2)CC1. The molecule has 1 aliphatic rings. The van der Waals surface area contributed by atoms with Crippen LogP contribution in [0.15, 0.2) is 54.9 Å². The van der Waals surface area contributed by atoms with Gasteiger partial charge in [0.15, 0.2) is 0 Å². The van der Waals surface area contributed by atoms with E-state index in [2.05, 4.69) is 77.2 Å². The van der Waals surface area contributed by atoms with Crippen LogP contribution in [-0.2, 0) is 22.7 Å². The number of rotatable bonds is 10. The summed E-state index contributed by atoms with van der Waals surface area (Å²) in [6.45, 7) is 17.9. The van der Waals surface area contributed by atoms with Gasteiger partial charge >= 0.3 is 6.09 Å². The predicted molar refractivity (Wildman–Crippen MR) is 180 cm³/mol. The minimum atomic E-state index is -1.16. The number of hydrogen-bond acceptors (Lipinski definition) is 6. The van der Waals surface area contributed by atoms with E-state index in [1.54, 1.807) is 11.1 Å². The third kappa shape index (κ3) is 8.68. The smallest absolute Gasteiger partial charge is 0.410 e. The van der Waals surface area contributed by atoms with Crippen LogP contribution in [0, 0.1) is 0 Å². The van der Waals surface area contributed by atoms with Gasteiger partial charge in [0.05, 0.1) is 17.4 Å². The number of ether oxygens (including phenoxy) is 2. The molecule has 1 fully saturated rings. The van der Waals surface area contributed by atoms with Gasteiger partial charge in [-0.1, -0.05) is 50.0 Å². The van der Waals surface area contributed by atoms with Crippen molar-refractivity contribution in [3.8, 4) is 11.1 Å². The number of carbonyl (C=O) groups is 1. The lowest BCUT2D eigenvalue weighted by Gasteiger charge is -2.35. The van der Waals surface area contributed by atoms with E-state index in [1.807, 2.05) is 43.8 Å². The normalized spacial score (nSPS) is 15.0. The lowest BCUT2D eigenvalue weighted by atomic mass is 10.0. The van der Waals surface area contributed by atoms with Crippen LogP contribution < -0.4 is 0 Å². The molecule has 0 bridgehead atoms. The summed E-state index contributed by atoms with van der Waals surface area (Å²) in [6, 6.07) is 16.5. The van der Waals surface area contributed by atoms with Crippen LogP contribution in [-0.4, -0.2) is 82.3 Å². The molecule has 1 saturated heterocycles. The highest BCUT2D eigenvalue weighted by atomic mass is 28.3. The van der Waals surface area contributed by atoms with E-state index in [1.165, 1.54) is 5.56 Å². The molecule has 0 saturated carbocycles. The highest BCUT2D eigenvalue weighted by Crippen LogP contribution is 2.28. The molecule has 2 aromatic heterocycles. The molecule has 0 unspecified atom stereocenters. The van der Waals surface area contributed by atoms with E-state index in [4.69, 9.17) is 14.6 Å². The van der Waals surface area contributed by atoms with E-state index in [0.717, 1.165) is 65.6 Å². The van der Waals surface area contributed by atoms with Gasteiger partial charge in [0.2, 0.25) is 0 Å². The Hall–Kier alpha value is -3.73. The molecule has 234 valence electrons. The van der Waals surface area contributed by atoms with Crippen LogP contribution in [0.2, 0.25) is 25.7 Å². The highest BCUT2D eigenvalue weighted by molar-refractivity contribution is 6.76. The van der Waals surface area contributed by atoms with E-state index < -0.39 is 13.7 Å². The molecule has 44 heavy (non-hydrogen) atoms. The number of benzene rings is 2. The monoisotopic (exact) mass is 614 g/mol. The first-order chi connectivity index (χ1) is 20.9. The van der Waals surface area contributed by atoms with Gasteiger partial charge in [0.1, 0.15) is 12.3 Å². The van der Waals surface area contributed by atoms with Crippen LogP contribution in [0.25, 0.3) is 34.2 Å². The fourth-order valence-electron chi connectivity index (χ4n) is 5.14. The van der Waals surface area contributed by atoms with Gasteiger partial charge in [-0.15, -0.1) is 0 Å². The number of fused-ring (bicyclic) bond motifs is 1. The van der Waals surface area contributed by atoms with Gasteiger partial charge in [0.25, 0.3) is 0 Å². The fraction of sp³-hybridized carbons (Fsp3) is 0.441. The summed E-state index contributed by atoms with van der Waals surface area (Å²) < 4.78 is 13.6. The van der Waals surface area contributed by atoms with E-state index in [0.29, 0.717) is 19.8 Å².